The molecule has 1 aromatic carbocycles. The number of rotatable bonds is 6. The molecule has 5 nitrogen and oxygen atoms in total. The van der Waals surface area contributed by atoms with Gasteiger partial charge in [-0.25, -0.2) is 0 Å². The van der Waals surface area contributed by atoms with Gasteiger partial charge in [0.25, 0.3) is 0 Å². The standard InChI is InChI=1S/C14H21N3O2/c1-18-13-6-7-17(10-13)8-9-19-12-4-2-11(3-5-12)14(15)16/h2-5,13H,6-10H2,1H3,(H3,15,16). The topological polar surface area (TPSA) is 71.6 Å². The van der Waals surface area contributed by atoms with E-state index in [1.54, 1.807) is 19.2 Å². The Morgan fingerprint density at radius 3 is 2.74 bits per heavy atom. The van der Waals surface area contributed by atoms with Gasteiger partial charge in [-0.3, -0.25) is 10.3 Å². The molecule has 0 aliphatic carbocycles. The highest BCUT2D eigenvalue weighted by atomic mass is 16.5. The van der Waals surface area contributed by atoms with Crippen molar-refractivity contribution in [2.24, 2.45) is 5.73 Å². The third-order valence-corrected chi connectivity index (χ3v) is 3.40. The van der Waals surface area contributed by atoms with Crippen molar-refractivity contribution in [2.75, 3.05) is 33.4 Å². The first-order valence-corrected chi connectivity index (χ1v) is 6.51. The van der Waals surface area contributed by atoms with Crippen molar-refractivity contribution in [3.8, 4) is 5.75 Å². The molecule has 0 saturated carbocycles. The SMILES string of the molecule is COC1CCN(CCOc2ccc(C(=N)N)cc2)C1. The van der Waals surface area contributed by atoms with E-state index < -0.39 is 0 Å². The lowest BCUT2D eigenvalue weighted by Gasteiger charge is -2.16. The summed E-state index contributed by atoms with van der Waals surface area (Å²) in [5.41, 5.74) is 6.11. The Kier molecular flexibility index (Phi) is 4.76. The van der Waals surface area contributed by atoms with Crippen LogP contribution in [0.3, 0.4) is 0 Å². The maximum absolute atomic E-state index is 7.31. The van der Waals surface area contributed by atoms with Crippen molar-refractivity contribution in [3.63, 3.8) is 0 Å². The number of benzene rings is 1. The number of nitrogens with one attached hydrogen (secondary N) is 1. The van der Waals surface area contributed by atoms with Crippen LogP contribution < -0.4 is 10.5 Å². The number of amidine groups is 1. The molecule has 1 aromatic rings. The lowest BCUT2D eigenvalue weighted by molar-refractivity contribution is 0.106. The van der Waals surface area contributed by atoms with E-state index in [2.05, 4.69) is 4.90 Å². The molecule has 1 fully saturated rings. The fourth-order valence-corrected chi connectivity index (χ4v) is 2.22. The molecular formula is C14H21N3O2. The number of likely N-dealkylation sites (tertiary alicyclic amines) is 1. The van der Waals surface area contributed by atoms with Gasteiger partial charge in [0, 0.05) is 32.3 Å². The number of methoxy groups -OCH3 is 1. The average Bonchev–Trinajstić information content (AvgIpc) is 2.87. The third-order valence-electron chi connectivity index (χ3n) is 3.40. The molecule has 0 aromatic heterocycles. The minimum absolute atomic E-state index is 0.0780. The lowest BCUT2D eigenvalue weighted by atomic mass is 10.2. The molecular weight excluding hydrogens is 242 g/mol. The monoisotopic (exact) mass is 263 g/mol. The minimum Gasteiger partial charge on any atom is -0.492 e. The quantitative estimate of drug-likeness (QED) is 0.595. The number of ether oxygens (including phenoxy) is 2. The van der Waals surface area contributed by atoms with Crippen LogP contribution in [0.4, 0.5) is 0 Å². The van der Waals surface area contributed by atoms with Gasteiger partial charge in [-0.1, -0.05) is 0 Å². The molecule has 2 rings (SSSR count). The van der Waals surface area contributed by atoms with Gasteiger partial charge in [0.2, 0.25) is 0 Å². The van der Waals surface area contributed by atoms with E-state index in [-0.39, 0.29) is 5.84 Å². The third kappa shape index (κ3) is 3.94. The molecule has 19 heavy (non-hydrogen) atoms. The van der Waals surface area contributed by atoms with Crippen molar-refractivity contribution in [1.29, 1.82) is 5.41 Å². The van der Waals surface area contributed by atoms with Gasteiger partial charge in [-0.15, -0.1) is 0 Å². The highest BCUT2D eigenvalue weighted by Crippen LogP contribution is 2.13. The molecule has 1 saturated heterocycles. The summed E-state index contributed by atoms with van der Waals surface area (Å²) in [5.74, 6) is 0.890. The molecule has 104 valence electrons. The van der Waals surface area contributed by atoms with Crippen LogP contribution in [0.1, 0.15) is 12.0 Å². The molecule has 1 aliphatic rings. The second-order valence-electron chi connectivity index (χ2n) is 4.73. The van der Waals surface area contributed by atoms with E-state index in [4.69, 9.17) is 20.6 Å². The van der Waals surface area contributed by atoms with E-state index >= 15 is 0 Å². The summed E-state index contributed by atoms with van der Waals surface area (Å²) < 4.78 is 11.0. The summed E-state index contributed by atoms with van der Waals surface area (Å²) in [6, 6.07) is 7.29. The highest BCUT2D eigenvalue weighted by molar-refractivity contribution is 5.94. The van der Waals surface area contributed by atoms with Gasteiger partial charge in [-0.05, 0) is 30.7 Å². The number of nitrogens with two attached hydrogens (primary N) is 1. The largest absolute Gasteiger partial charge is 0.492 e. The molecule has 3 N–H and O–H groups in total. The molecule has 0 amide bonds. The first-order valence-electron chi connectivity index (χ1n) is 6.51. The molecule has 0 bridgehead atoms. The Bertz CT molecular complexity index is 419. The summed E-state index contributed by atoms with van der Waals surface area (Å²) in [7, 11) is 1.77. The zero-order valence-electron chi connectivity index (χ0n) is 11.3. The first-order chi connectivity index (χ1) is 9.19. The van der Waals surface area contributed by atoms with Crippen LogP contribution in [0.25, 0.3) is 0 Å². The summed E-state index contributed by atoms with van der Waals surface area (Å²) in [4.78, 5) is 2.35. The van der Waals surface area contributed by atoms with Crippen LogP contribution in [0.15, 0.2) is 24.3 Å². The van der Waals surface area contributed by atoms with Crippen molar-refractivity contribution in [1.82, 2.24) is 4.90 Å². The van der Waals surface area contributed by atoms with Gasteiger partial charge in [0.1, 0.15) is 18.2 Å². The molecule has 5 heteroatoms. The predicted octanol–water partition coefficient (Wildman–Crippen LogP) is 1.07. The van der Waals surface area contributed by atoms with Crippen LogP contribution >= 0.6 is 0 Å². The number of hydrogen-bond acceptors (Lipinski definition) is 4. The molecule has 0 radical (unpaired) electrons. The van der Waals surface area contributed by atoms with Gasteiger partial charge < -0.3 is 15.2 Å². The molecule has 1 unspecified atom stereocenters. The maximum atomic E-state index is 7.31. The van der Waals surface area contributed by atoms with Gasteiger partial charge in [0.05, 0.1) is 6.10 Å². The summed E-state index contributed by atoms with van der Waals surface area (Å²) in [6.45, 7) is 3.64. The normalized spacial score (nSPS) is 19.5. The summed E-state index contributed by atoms with van der Waals surface area (Å²) in [6.07, 6.45) is 1.47. The Hall–Kier alpha value is -1.59. The van der Waals surface area contributed by atoms with E-state index in [1.165, 1.54) is 0 Å². The van der Waals surface area contributed by atoms with Crippen molar-refractivity contribution < 1.29 is 9.47 Å². The van der Waals surface area contributed by atoms with Crippen LogP contribution in [0.5, 0.6) is 5.75 Å². The van der Waals surface area contributed by atoms with Crippen molar-refractivity contribution in [2.45, 2.75) is 12.5 Å². The van der Waals surface area contributed by atoms with Crippen LogP contribution in [-0.4, -0.2) is 50.2 Å². The Labute approximate surface area is 113 Å². The van der Waals surface area contributed by atoms with Gasteiger partial charge in [-0.2, -0.15) is 0 Å². The van der Waals surface area contributed by atoms with Crippen molar-refractivity contribution in [3.05, 3.63) is 29.8 Å². The molecule has 1 atom stereocenters. The van der Waals surface area contributed by atoms with Crippen LogP contribution in [-0.2, 0) is 4.74 Å². The second-order valence-corrected chi connectivity index (χ2v) is 4.73. The fraction of sp³-hybridized carbons (Fsp3) is 0.500. The Morgan fingerprint density at radius 2 is 2.16 bits per heavy atom. The van der Waals surface area contributed by atoms with Gasteiger partial charge in [0.15, 0.2) is 0 Å². The maximum Gasteiger partial charge on any atom is 0.122 e. The highest BCUT2D eigenvalue weighted by Gasteiger charge is 2.21. The molecule has 1 aliphatic heterocycles. The van der Waals surface area contributed by atoms with E-state index in [0.29, 0.717) is 12.7 Å². The fourth-order valence-electron chi connectivity index (χ4n) is 2.22. The number of hydrogen-bond donors (Lipinski definition) is 2. The zero-order chi connectivity index (χ0) is 13.7. The smallest absolute Gasteiger partial charge is 0.122 e. The predicted molar refractivity (Wildman–Crippen MR) is 74.8 cm³/mol. The molecule has 0 spiro atoms. The minimum atomic E-state index is 0.0780. The van der Waals surface area contributed by atoms with E-state index in [9.17, 15) is 0 Å². The molecule has 1 heterocycles. The number of nitrogen functional groups attached to an aromatic ring is 1. The van der Waals surface area contributed by atoms with E-state index in [0.717, 1.165) is 37.4 Å². The Morgan fingerprint density at radius 1 is 1.42 bits per heavy atom. The first kappa shape index (κ1) is 13.8. The zero-order valence-corrected chi connectivity index (χ0v) is 11.3. The Balaban J connectivity index is 1.72. The number of nitrogens with zero attached hydrogens (tertiary/aromatic N) is 1. The van der Waals surface area contributed by atoms with E-state index in [1.807, 2.05) is 12.1 Å². The van der Waals surface area contributed by atoms with Gasteiger partial charge >= 0.3 is 0 Å². The average molecular weight is 263 g/mol. The lowest BCUT2D eigenvalue weighted by Crippen LogP contribution is -2.27. The van der Waals surface area contributed by atoms with Crippen LogP contribution in [0, 0.1) is 5.41 Å². The second kappa shape index (κ2) is 6.54. The van der Waals surface area contributed by atoms with Crippen LogP contribution in [0.2, 0.25) is 0 Å². The summed E-state index contributed by atoms with van der Waals surface area (Å²) >= 11 is 0. The summed E-state index contributed by atoms with van der Waals surface area (Å²) in [5, 5.41) is 7.31. The van der Waals surface area contributed by atoms with Crippen molar-refractivity contribution >= 4 is 5.84 Å².